The van der Waals surface area contributed by atoms with E-state index in [1.807, 2.05) is 18.2 Å². The van der Waals surface area contributed by atoms with Crippen LogP contribution in [0.5, 0.6) is 5.75 Å². The minimum atomic E-state index is -4.72. The fraction of sp³-hybridized carbons (Fsp3) is 0.407. The monoisotopic (exact) mass is 492 g/mol. The lowest BCUT2D eigenvalue weighted by Crippen LogP contribution is -2.34. The van der Waals surface area contributed by atoms with E-state index in [1.54, 1.807) is 31.4 Å². The van der Waals surface area contributed by atoms with Crippen molar-refractivity contribution in [2.24, 2.45) is 5.92 Å². The molecule has 0 aromatic heterocycles. The van der Waals surface area contributed by atoms with E-state index >= 15 is 4.39 Å². The lowest BCUT2D eigenvalue weighted by atomic mass is 9.98. The van der Waals surface area contributed by atoms with Crippen LogP contribution < -0.4 is 4.74 Å². The molecule has 0 aliphatic carbocycles. The Hall–Kier alpha value is -2.68. The molecule has 1 fully saturated rings. The minimum Gasteiger partial charge on any atom is -0.406 e. The number of fused-ring (bicyclic) bond motifs is 1. The van der Waals surface area contributed by atoms with E-state index in [2.05, 4.69) is 4.74 Å². The van der Waals surface area contributed by atoms with Gasteiger partial charge in [0, 0.05) is 24.8 Å². The van der Waals surface area contributed by atoms with E-state index in [1.165, 1.54) is 12.1 Å². The van der Waals surface area contributed by atoms with Crippen LogP contribution >= 0.6 is 0 Å². The summed E-state index contributed by atoms with van der Waals surface area (Å²) in [6, 6.07) is 15.0. The molecular formula is C27H28F4O4. The van der Waals surface area contributed by atoms with Crippen LogP contribution in [-0.4, -0.2) is 39.6 Å². The van der Waals surface area contributed by atoms with Crippen molar-refractivity contribution in [3.05, 3.63) is 77.1 Å². The highest BCUT2D eigenvalue weighted by atomic mass is 19.4. The quantitative estimate of drug-likeness (QED) is 0.332. The predicted octanol–water partition coefficient (Wildman–Crippen LogP) is 6.23. The molecule has 0 radical (unpaired) electrons. The number of hydrogen-bond donors (Lipinski definition) is 0. The van der Waals surface area contributed by atoms with Gasteiger partial charge in [-0.15, -0.1) is 13.2 Å². The highest BCUT2D eigenvalue weighted by Gasteiger charge is 2.31. The summed E-state index contributed by atoms with van der Waals surface area (Å²) in [6.07, 6.45) is -2.55. The van der Waals surface area contributed by atoms with Crippen LogP contribution in [0.15, 0.2) is 54.6 Å². The molecule has 3 aromatic carbocycles. The van der Waals surface area contributed by atoms with Gasteiger partial charge in [-0.25, -0.2) is 4.39 Å². The number of alkyl halides is 3. The molecule has 0 saturated carbocycles. The molecule has 1 aliphatic heterocycles. The van der Waals surface area contributed by atoms with Gasteiger partial charge >= 0.3 is 6.36 Å². The SMILES string of the molecule is COCC1COC(CCc2ccc3c(F)c(CCc4ccc(OC(F)(F)F)cc4)ccc3c2)OC1. The number of rotatable bonds is 9. The zero-order valence-electron chi connectivity index (χ0n) is 19.4. The van der Waals surface area contributed by atoms with E-state index in [9.17, 15) is 13.2 Å². The van der Waals surface area contributed by atoms with E-state index < -0.39 is 6.36 Å². The Balaban J connectivity index is 1.33. The topological polar surface area (TPSA) is 36.9 Å². The van der Waals surface area contributed by atoms with Crippen molar-refractivity contribution in [2.45, 2.75) is 38.3 Å². The molecule has 8 heteroatoms. The first-order valence-electron chi connectivity index (χ1n) is 11.6. The molecule has 0 atom stereocenters. The lowest BCUT2D eigenvalue weighted by Gasteiger charge is -2.29. The summed E-state index contributed by atoms with van der Waals surface area (Å²) in [6.45, 7) is 1.86. The summed E-state index contributed by atoms with van der Waals surface area (Å²) in [4.78, 5) is 0. The number of hydrogen-bond acceptors (Lipinski definition) is 4. The van der Waals surface area contributed by atoms with Crippen LogP contribution in [-0.2, 0) is 33.5 Å². The fourth-order valence-corrected chi connectivity index (χ4v) is 4.24. The summed E-state index contributed by atoms with van der Waals surface area (Å²) in [5.41, 5.74) is 2.45. The maximum absolute atomic E-state index is 15.1. The van der Waals surface area contributed by atoms with E-state index in [0.717, 1.165) is 29.4 Å². The molecule has 0 spiro atoms. The largest absolute Gasteiger partial charge is 0.573 e. The van der Waals surface area contributed by atoms with Crippen LogP contribution in [0, 0.1) is 11.7 Å². The van der Waals surface area contributed by atoms with Crippen LogP contribution in [0.25, 0.3) is 10.8 Å². The highest BCUT2D eigenvalue weighted by Crippen LogP contribution is 2.26. The first-order valence-corrected chi connectivity index (χ1v) is 11.6. The van der Waals surface area contributed by atoms with Crippen molar-refractivity contribution in [2.75, 3.05) is 26.9 Å². The van der Waals surface area contributed by atoms with Crippen molar-refractivity contribution in [1.29, 1.82) is 0 Å². The van der Waals surface area contributed by atoms with Crippen molar-refractivity contribution < 1.29 is 36.5 Å². The Kier molecular flexibility index (Phi) is 8.26. The summed E-state index contributed by atoms with van der Waals surface area (Å²) in [7, 11) is 1.66. The average molecular weight is 493 g/mol. The maximum Gasteiger partial charge on any atom is 0.573 e. The van der Waals surface area contributed by atoms with E-state index in [4.69, 9.17) is 14.2 Å². The molecule has 1 aliphatic rings. The summed E-state index contributed by atoms with van der Waals surface area (Å²) >= 11 is 0. The Morgan fingerprint density at radius 1 is 0.886 bits per heavy atom. The Bertz CT molecular complexity index is 1110. The number of ether oxygens (including phenoxy) is 4. The molecule has 3 aromatic rings. The van der Waals surface area contributed by atoms with Crippen LogP contribution in [0.1, 0.15) is 23.1 Å². The minimum absolute atomic E-state index is 0.244. The van der Waals surface area contributed by atoms with Gasteiger partial charge in [0.15, 0.2) is 6.29 Å². The standard InChI is InChI=1S/C27H28F4O4/c1-32-15-20-16-33-25(34-17-20)13-6-19-5-12-24-22(14-19)9-8-21(26(24)28)7-2-18-3-10-23(11-4-18)35-27(29,30)31/h3-5,8-12,14,20,25H,2,6-7,13,15-17H2,1H3. The second kappa shape index (κ2) is 11.4. The highest BCUT2D eigenvalue weighted by molar-refractivity contribution is 5.84. The van der Waals surface area contributed by atoms with Gasteiger partial charge in [0.05, 0.1) is 19.8 Å². The number of methoxy groups -OCH3 is 1. The van der Waals surface area contributed by atoms with Crippen molar-refractivity contribution in [3.8, 4) is 5.75 Å². The smallest absolute Gasteiger partial charge is 0.406 e. The van der Waals surface area contributed by atoms with Crippen LogP contribution in [0.4, 0.5) is 17.6 Å². The number of aryl methyl sites for hydroxylation is 3. The Morgan fingerprint density at radius 3 is 2.29 bits per heavy atom. The van der Waals surface area contributed by atoms with Crippen LogP contribution in [0.2, 0.25) is 0 Å². The Morgan fingerprint density at radius 2 is 1.60 bits per heavy atom. The third kappa shape index (κ3) is 7.16. The zero-order chi connectivity index (χ0) is 24.8. The molecule has 4 rings (SSSR count). The molecule has 4 nitrogen and oxygen atoms in total. The van der Waals surface area contributed by atoms with Crippen molar-refractivity contribution in [1.82, 2.24) is 0 Å². The van der Waals surface area contributed by atoms with Gasteiger partial charge in [-0.2, -0.15) is 0 Å². The number of halogens is 4. The first kappa shape index (κ1) is 25.4. The van der Waals surface area contributed by atoms with E-state index in [-0.39, 0.29) is 23.8 Å². The van der Waals surface area contributed by atoms with Crippen LogP contribution in [0.3, 0.4) is 0 Å². The number of benzene rings is 3. The maximum atomic E-state index is 15.1. The summed E-state index contributed by atoms with van der Waals surface area (Å²) < 4.78 is 72.6. The van der Waals surface area contributed by atoms with Gasteiger partial charge in [0.1, 0.15) is 11.6 Å². The molecule has 0 amide bonds. The third-order valence-corrected chi connectivity index (χ3v) is 6.05. The van der Waals surface area contributed by atoms with Gasteiger partial charge in [-0.3, -0.25) is 0 Å². The summed E-state index contributed by atoms with van der Waals surface area (Å²) in [5.74, 6) is -0.281. The molecule has 188 valence electrons. The molecule has 0 N–H and O–H groups in total. The second-order valence-electron chi connectivity index (χ2n) is 8.74. The molecular weight excluding hydrogens is 464 g/mol. The average Bonchev–Trinajstić information content (AvgIpc) is 2.83. The predicted molar refractivity (Wildman–Crippen MR) is 124 cm³/mol. The molecule has 1 saturated heterocycles. The van der Waals surface area contributed by atoms with Gasteiger partial charge < -0.3 is 18.9 Å². The van der Waals surface area contributed by atoms with Gasteiger partial charge in [0.25, 0.3) is 0 Å². The lowest BCUT2D eigenvalue weighted by molar-refractivity contribution is -0.274. The Labute approximate surface area is 201 Å². The third-order valence-electron chi connectivity index (χ3n) is 6.05. The second-order valence-corrected chi connectivity index (χ2v) is 8.74. The fourth-order valence-electron chi connectivity index (χ4n) is 4.24. The summed E-state index contributed by atoms with van der Waals surface area (Å²) in [5, 5.41) is 1.37. The normalized spacial score (nSPS) is 18.7. The van der Waals surface area contributed by atoms with E-state index in [0.29, 0.717) is 43.6 Å². The van der Waals surface area contributed by atoms with Gasteiger partial charge in [0.2, 0.25) is 0 Å². The first-order chi connectivity index (χ1) is 16.8. The molecule has 0 bridgehead atoms. The van der Waals surface area contributed by atoms with Crippen molar-refractivity contribution >= 4 is 10.8 Å². The zero-order valence-corrected chi connectivity index (χ0v) is 19.4. The van der Waals surface area contributed by atoms with Gasteiger partial charge in [-0.05, 0) is 53.5 Å². The molecule has 0 unspecified atom stereocenters. The molecule has 1 heterocycles. The van der Waals surface area contributed by atoms with Gasteiger partial charge in [-0.1, -0.05) is 42.5 Å². The molecule has 35 heavy (non-hydrogen) atoms. The van der Waals surface area contributed by atoms with Crippen molar-refractivity contribution in [3.63, 3.8) is 0 Å².